The van der Waals surface area contributed by atoms with Crippen LogP contribution in [0.5, 0.6) is 0 Å². The molecule has 0 spiro atoms. The van der Waals surface area contributed by atoms with E-state index in [2.05, 4.69) is 22.4 Å². The number of rotatable bonds is 6. The highest BCUT2D eigenvalue weighted by molar-refractivity contribution is 8.00. The molecule has 5 rings (SSSR count). The third-order valence-corrected chi connectivity index (χ3v) is 7.38. The van der Waals surface area contributed by atoms with Gasteiger partial charge in [0.2, 0.25) is 0 Å². The number of carboxylic acids is 1. The molecule has 1 aliphatic heterocycles. The predicted octanol–water partition coefficient (Wildman–Crippen LogP) is 3.36. The van der Waals surface area contributed by atoms with Crippen molar-refractivity contribution in [3.63, 3.8) is 0 Å². The van der Waals surface area contributed by atoms with Crippen molar-refractivity contribution >= 4 is 29.7 Å². The zero-order valence-electron chi connectivity index (χ0n) is 18.7. The molecule has 35 heavy (non-hydrogen) atoms. The number of carbonyl (C=O) groups is 3. The Labute approximate surface area is 205 Å². The molecule has 9 nitrogen and oxygen atoms in total. The number of hydrogen-bond donors (Lipinski definition) is 2. The second kappa shape index (κ2) is 9.83. The summed E-state index contributed by atoms with van der Waals surface area (Å²) in [6, 6.07) is 16.1. The van der Waals surface area contributed by atoms with Crippen molar-refractivity contribution < 1.29 is 28.6 Å². The summed E-state index contributed by atoms with van der Waals surface area (Å²) in [5, 5.41) is 11.2. The number of nitrogens with one attached hydrogen (secondary N) is 1. The predicted molar refractivity (Wildman–Crippen MR) is 128 cm³/mol. The number of ether oxygens (including phenoxy) is 1. The van der Waals surface area contributed by atoms with Gasteiger partial charge in [0.05, 0.1) is 6.54 Å². The molecule has 2 aromatic carbocycles. The van der Waals surface area contributed by atoms with Gasteiger partial charge in [-0.15, -0.1) is 11.8 Å². The molecule has 1 unspecified atom stereocenters. The van der Waals surface area contributed by atoms with E-state index < -0.39 is 23.2 Å². The van der Waals surface area contributed by atoms with Crippen LogP contribution >= 0.6 is 11.8 Å². The summed E-state index contributed by atoms with van der Waals surface area (Å²) in [7, 11) is 0. The first-order valence-corrected chi connectivity index (χ1v) is 12.2. The number of amides is 2. The van der Waals surface area contributed by atoms with Gasteiger partial charge in [-0.2, -0.15) is 0 Å². The first-order chi connectivity index (χ1) is 17.0. The average molecular weight is 494 g/mol. The summed E-state index contributed by atoms with van der Waals surface area (Å²) in [5.41, 5.74) is 4.57. The van der Waals surface area contributed by atoms with Crippen LogP contribution < -0.4 is 5.32 Å². The number of hydrogen-bond acceptors (Lipinski definition) is 7. The summed E-state index contributed by atoms with van der Waals surface area (Å²) in [6.07, 6.45) is 0.497. The number of aromatic nitrogens is 1. The highest BCUT2D eigenvalue weighted by Crippen LogP contribution is 2.44. The van der Waals surface area contributed by atoms with Crippen LogP contribution in [0.3, 0.4) is 0 Å². The number of thioether (sulfide) groups is 1. The van der Waals surface area contributed by atoms with Crippen LogP contribution in [0.2, 0.25) is 0 Å². The van der Waals surface area contributed by atoms with Gasteiger partial charge in [0, 0.05) is 24.8 Å². The zero-order valence-corrected chi connectivity index (χ0v) is 19.5. The smallest absolute Gasteiger partial charge is 0.407 e. The Hall–Kier alpha value is -3.79. The maximum Gasteiger partial charge on any atom is 0.407 e. The Morgan fingerprint density at radius 3 is 2.49 bits per heavy atom. The summed E-state index contributed by atoms with van der Waals surface area (Å²) in [4.78, 5) is 42.1. The lowest BCUT2D eigenvalue weighted by molar-refractivity contribution is -0.136. The van der Waals surface area contributed by atoms with Crippen molar-refractivity contribution in [2.75, 3.05) is 25.4 Å². The molecule has 2 N–H and O–H groups in total. The molecule has 180 valence electrons. The van der Waals surface area contributed by atoms with E-state index in [1.807, 2.05) is 36.4 Å². The number of alkyl carbamates (subject to hydrolysis) is 1. The van der Waals surface area contributed by atoms with Gasteiger partial charge < -0.3 is 24.5 Å². The highest BCUT2D eigenvalue weighted by Gasteiger charge is 2.32. The van der Waals surface area contributed by atoms with Gasteiger partial charge in [0.1, 0.15) is 11.9 Å². The van der Waals surface area contributed by atoms with Crippen molar-refractivity contribution in [1.82, 2.24) is 15.2 Å². The van der Waals surface area contributed by atoms with Gasteiger partial charge in [0.15, 0.2) is 17.8 Å². The second-order valence-corrected chi connectivity index (χ2v) is 9.56. The minimum absolute atomic E-state index is 0.0555. The Morgan fingerprint density at radius 1 is 1.11 bits per heavy atom. The zero-order chi connectivity index (χ0) is 24.4. The first-order valence-electron chi connectivity index (χ1n) is 11.2. The lowest BCUT2D eigenvalue weighted by Gasteiger charge is -2.29. The number of aliphatic carboxylic acids is 1. The molecule has 1 saturated heterocycles. The highest BCUT2D eigenvalue weighted by atomic mass is 32.2. The molecule has 2 heterocycles. The number of benzene rings is 2. The number of nitrogens with zero attached hydrogens (tertiary/aromatic N) is 2. The van der Waals surface area contributed by atoms with E-state index in [4.69, 9.17) is 9.15 Å². The normalized spacial score (nSPS) is 16.9. The summed E-state index contributed by atoms with van der Waals surface area (Å²) in [5.74, 6) is -0.726. The van der Waals surface area contributed by atoms with Crippen molar-refractivity contribution in [3.8, 4) is 11.1 Å². The van der Waals surface area contributed by atoms with Crippen LogP contribution in [0.1, 0.15) is 33.3 Å². The second-order valence-electron chi connectivity index (χ2n) is 8.25. The minimum atomic E-state index is -0.954. The van der Waals surface area contributed by atoms with Crippen LogP contribution in [0.4, 0.5) is 4.79 Å². The van der Waals surface area contributed by atoms with E-state index in [9.17, 15) is 19.5 Å². The first kappa shape index (κ1) is 23.0. The molecular weight excluding hydrogens is 470 g/mol. The van der Waals surface area contributed by atoms with Crippen molar-refractivity contribution in [1.29, 1.82) is 0 Å². The maximum atomic E-state index is 12.9. The van der Waals surface area contributed by atoms with E-state index in [0.717, 1.165) is 28.6 Å². The number of fused-ring (bicyclic) bond motifs is 3. The molecule has 1 aromatic heterocycles. The summed E-state index contributed by atoms with van der Waals surface area (Å²) < 4.78 is 10.8. The Balaban J connectivity index is 1.19. The van der Waals surface area contributed by atoms with E-state index in [1.54, 1.807) is 0 Å². The fraction of sp³-hybridized carbons (Fsp3) is 0.280. The van der Waals surface area contributed by atoms with Crippen molar-refractivity contribution in [2.45, 2.75) is 17.7 Å². The SMILES string of the molecule is O=C(NCc1ocnc1C(=O)N1CCSC(C(=O)O)C1)OCC1c2ccccc2-c2ccccc21. The van der Waals surface area contributed by atoms with Crippen molar-refractivity contribution in [3.05, 3.63) is 77.5 Å². The third-order valence-electron chi connectivity index (χ3n) is 6.21. The molecule has 0 saturated carbocycles. The number of oxazole rings is 1. The summed E-state index contributed by atoms with van der Waals surface area (Å²) >= 11 is 1.30. The van der Waals surface area contributed by atoms with Gasteiger partial charge in [-0.25, -0.2) is 9.78 Å². The van der Waals surface area contributed by atoms with Crippen LogP contribution in [-0.2, 0) is 16.1 Å². The van der Waals surface area contributed by atoms with Crippen LogP contribution in [0.15, 0.2) is 59.3 Å². The Morgan fingerprint density at radius 2 is 1.80 bits per heavy atom. The maximum absolute atomic E-state index is 12.9. The number of carboxylic acid groups (broad SMARTS) is 1. The molecule has 1 fully saturated rings. The monoisotopic (exact) mass is 493 g/mol. The fourth-order valence-electron chi connectivity index (χ4n) is 4.51. The minimum Gasteiger partial charge on any atom is -0.480 e. The largest absolute Gasteiger partial charge is 0.480 e. The molecule has 2 amide bonds. The molecule has 0 bridgehead atoms. The quantitative estimate of drug-likeness (QED) is 0.536. The van der Waals surface area contributed by atoms with E-state index in [1.165, 1.54) is 16.7 Å². The van der Waals surface area contributed by atoms with E-state index >= 15 is 0 Å². The van der Waals surface area contributed by atoms with Gasteiger partial charge >= 0.3 is 12.1 Å². The van der Waals surface area contributed by atoms with Gasteiger partial charge in [-0.1, -0.05) is 48.5 Å². The Bertz CT molecular complexity index is 1230. The number of carbonyl (C=O) groups excluding carboxylic acids is 2. The standard InChI is InChI=1S/C25H23N3O6S/c29-23(28-9-10-35-21(12-28)24(30)31)22-20(34-14-27-22)11-26-25(32)33-13-19-17-7-3-1-5-15(17)16-6-2-4-8-18(16)19/h1-8,14,19,21H,9-13H2,(H,26,32)(H,30,31). The molecule has 0 radical (unpaired) electrons. The molecule has 1 aliphatic carbocycles. The molecular formula is C25H23N3O6S. The fourth-order valence-corrected chi connectivity index (χ4v) is 5.54. The summed E-state index contributed by atoms with van der Waals surface area (Å²) in [6.45, 7) is 0.594. The molecule has 1 atom stereocenters. The van der Waals surface area contributed by atoms with E-state index in [-0.39, 0.29) is 37.1 Å². The topological polar surface area (TPSA) is 122 Å². The molecule has 3 aromatic rings. The van der Waals surface area contributed by atoms with E-state index in [0.29, 0.717) is 12.3 Å². The molecule has 10 heteroatoms. The van der Waals surface area contributed by atoms with Crippen LogP contribution in [0, 0.1) is 0 Å². The molecule has 2 aliphatic rings. The third kappa shape index (κ3) is 4.61. The van der Waals surface area contributed by atoms with Gasteiger partial charge in [-0.3, -0.25) is 9.59 Å². The van der Waals surface area contributed by atoms with Crippen molar-refractivity contribution in [2.24, 2.45) is 0 Å². The average Bonchev–Trinajstić information content (AvgIpc) is 3.48. The van der Waals surface area contributed by atoms with Gasteiger partial charge in [-0.05, 0) is 22.3 Å². The lowest BCUT2D eigenvalue weighted by Crippen LogP contribution is -2.45. The Kier molecular flexibility index (Phi) is 6.45. The van der Waals surface area contributed by atoms with Crippen LogP contribution in [-0.4, -0.2) is 63.7 Å². The van der Waals surface area contributed by atoms with Gasteiger partial charge in [0.25, 0.3) is 5.91 Å². The van der Waals surface area contributed by atoms with Crippen LogP contribution in [0.25, 0.3) is 11.1 Å². The lowest BCUT2D eigenvalue weighted by atomic mass is 9.98.